The van der Waals surface area contributed by atoms with E-state index in [1.807, 2.05) is 0 Å². The highest BCUT2D eigenvalue weighted by Crippen LogP contribution is 2.29. The van der Waals surface area contributed by atoms with E-state index in [0.717, 1.165) is 31.1 Å². The highest BCUT2D eigenvalue weighted by molar-refractivity contribution is 5.76. The summed E-state index contributed by atoms with van der Waals surface area (Å²) in [5, 5.41) is 3.21. The minimum absolute atomic E-state index is 0.197. The minimum atomic E-state index is 0.197. The average molecular weight is 268 g/mol. The maximum absolute atomic E-state index is 12.1. The molecule has 1 fully saturated rings. The second-order valence-corrected chi connectivity index (χ2v) is 6.97. The van der Waals surface area contributed by atoms with Crippen LogP contribution in [0.15, 0.2) is 0 Å². The van der Waals surface area contributed by atoms with Gasteiger partial charge >= 0.3 is 0 Å². The van der Waals surface area contributed by atoms with Gasteiger partial charge in [0.2, 0.25) is 5.91 Å². The molecule has 0 saturated heterocycles. The third-order valence-electron chi connectivity index (χ3n) is 4.58. The topological polar surface area (TPSA) is 55.1 Å². The molecule has 19 heavy (non-hydrogen) atoms. The van der Waals surface area contributed by atoms with Crippen LogP contribution in [0.1, 0.15) is 59.8 Å². The summed E-state index contributed by atoms with van der Waals surface area (Å²) in [7, 11) is 0. The average Bonchev–Trinajstić information content (AvgIpc) is 2.32. The summed E-state index contributed by atoms with van der Waals surface area (Å²) in [6, 6.07) is 0.385. The lowest BCUT2D eigenvalue weighted by Crippen LogP contribution is -2.41. The second kappa shape index (κ2) is 7.88. The first-order chi connectivity index (χ1) is 8.92. The molecule has 112 valence electrons. The summed E-state index contributed by atoms with van der Waals surface area (Å²) in [6.45, 7) is 9.60. The smallest absolute Gasteiger partial charge is 0.220 e. The van der Waals surface area contributed by atoms with Gasteiger partial charge in [-0.15, -0.1) is 0 Å². The predicted molar refractivity (Wildman–Crippen MR) is 80.7 cm³/mol. The van der Waals surface area contributed by atoms with Gasteiger partial charge < -0.3 is 11.1 Å². The Morgan fingerprint density at radius 1 is 1.26 bits per heavy atom. The van der Waals surface area contributed by atoms with Crippen LogP contribution in [-0.2, 0) is 4.79 Å². The van der Waals surface area contributed by atoms with Gasteiger partial charge in [-0.25, -0.2) is 0 Å². The van der Waals surface area contributed by atoms with E-state index in [1.165, 1.54) is 6.42 Å². The maximum Gasteiger partial charge on any atom is 0.220 e. The van der Waals surface area contributed by atoms with Crippen LogP contribution in [0.25, 0.3) is 0 Å². The number of hydrogen-bond acceptors (Lipinski definition) is 2. The van der Waals surface area contributed by atoms with Crippen molar-refractivity contribution in [3.63, 3.8) is 0 Å². The van der Waals surface area contributed by atoms with Crippen LogP contribution in [0.3, 0.4) is 0 Å². The molecular formula is C16H32N2O. The van der Waals surface area contributed by atoms with Crippen molar-refractivity contribution in [3.8, 4) is 0 Å². The van der Waals surface area contributed by atoms with Crippen molar-refractivity contribution in [3.05, 3.63) is 0 Å². The van der Waals surface area contributed by atoms with E-state index in [9.17, 15) is 4.79 Å². The van der Waals surface area contributed by atoms with Gasteiger partial charge in [-0.3, -0.25) is 4.79 Å². The molecule has 0 spiro atoms. The number of carbonyl (C=O) groups excluding carboxylic acids is 1. The standard InChI is InChI=1S/C16H32N2O/c1-11(2)7-14(10-17)9-16(19)18-15-6-5-12(3)13(4)8-15/h11-15H,5-10,17H2,1-4H3,(H,18,19)/t12?,13?,14-,15?/m0/s1. The van der Waals surface area contributed by atoms with E-state index in [1.54, 1.807) is 0 Å². The zero-order valence-corrected chi connectivity index (χ0v) is 13.1. The molecule has 0 aromatic carbocycles. The number of amides is 1. The molecule has 3 nitrogen and oxygen atoms in total. The Kier molecular flexibility index (Phi) is 6.84. The van der Waals surface area contributed by atoms with Crippen LogP contribution < -0.4 is 11.1 Å². The van der Waals surface area contributed by atoms with Crippen LogP contribution >= 0.6 is 0 Å². The van der Waals surface area contributed by atoms with Gasteiger partial charge in [-0.2, -0.15) is 0 Å². The van der Waals surface area contributed by atoms with Crippen LogP contribution in [-0.4, -0.2) is 18.5 Å². The van der Waals surface area contributed by atoms with Crippen LogP contribution in [0.2, 0.25) is 0 Å². The Morgan fingerprint density at radius 2 is 1.95 bits per heavy atom. The molecule has 3 N–H and O–H groups in total. The van der Waals surface area contributed by atoms with E-state index in [2.05, 4.69) is 33.0 Å². The Balaban J connectivity index is 2.34. The van der Waals surface area contributed by atoms with Crippen molar-refractivity contribution in [2.45, 2.75) is 65.8 Å². The fourth-order valence-corrected chi connectivity index (χ4v) is 3.16. The van der Waals surface area contributed by atoms with Crippen molar-refractivity contribution < 1.29 is 4.79 Å². The number of carbonyl (C=O) groups is 1. The molecule has 0 aromatic rings. The van der Waals surface area contributed by atoms with Gasteiger partial charge in [0, 0.05) is 12.5 Å². The Hall–Kier alpha value is -0.570. The summed E-state index contributed by atoms with van der Waals surface area (Å²) in [5.41, 5.74) is 5.76. The third-order valence-corrected chi connectivity index (χ3v) is 4.58. The van der Waals surface area contributed by atoms with Crippen molar-refractivity contribution >= 4 is 5.91 Å². The van der Waals surface area contributed by atoms with Crippen LogP contribution in [0, 0.1) is 23.7 Å². The molecule has 1 rings (SSSR count). The number of hydrogen-bond donors (Lipinski definition) is 2. The molecule has 4 atom stereocenters. The van der Waals surface area contributed by atoms with E-state index in [-0.39, 0.29) is 5.91 Å². The maximum atomic E-state index is 12.1. The van der Waals surface area contributed by atoms with Gasteiger partial charge in [0.1, 0.15) is 0 Å². The molecule has 0 aliphatic heterocycles. The summed E-state index contributed by atoms with van der Waals surface area (Å²) < 4.78 is 0. The molecule has 0 bridgehead atoms. The van der Waals surface area contributed by atoms with E-state index >= 15 is 0 Å². The lowest BCUT2D eigenvalue weighted by atomic mass is 9.79. The number of rotatable bonds is 6. The van der Waals surface area contributed by atoms with Gasteiger partial charge in [0.15, 0.2) is 0 Å². The van der Waals surface area contributed by atoms with E-state index < -0.39 is 0 Å². The number of nitrogens with two attached hydrogens (primary N) is 1. The lowest BCUT2D eigenvalue weighted by molar-refractivity contribution is -0.123. The fourth-order valence-electron chi connectivity index (χ4n) is 3.16. The monoisotopic (exact) mass is 268 g/mol. The van der Waals surface area contributed by atoms with Crippen LogP contribution in [0.5, 0.6) is 0 Å². The van der Waals surface area contributed by atoms with E-state index in [0.29, 0.717) is 30.8 Å². The first-order valence-electron chi connectivity index (χ1n) is 7.91. The second-order valence-electron chi connectivity index (χ2n) is 6.97. The lowest BCUT2D eigenvalue weighted by Gasteiger charge is -2.32. The first-order valence-corrected chi connectivity index (χ1v) is 7.91. The summed E-state index contributed by atoms with van der Waals surface area (Å²) in [5.74, 6) is 2.66. The molecule has 1 aliphatic rings. The highest BCUT2D eigenvalue weighted by atomic mass is 16.1. The molecule has 1 amide bonds. The minimum Gasteiger partial charge on any atom is -0.353 e. The zero-order valence-electron chi connectivity index (χ0n) is 13.1. The van der Waals surface area contributed by atoms with Crippen molar-refractivity contribution in [2.75, 3.05) is 6.54 Å². The molecule has 1 saturated carbocycles. The normalized spacial score (nSPS) is 29.3. The first kappa shape index (κ1) is 16.5. The van der Waals surface area contributed by atoms with Crippen LogP contribution in [0.4, 0.5) is 0 Å². The summed E-state index contributed by atoms with van der Waals surface area (Å²) in [6.07, 6.45) is 5.13. The molecule has 0 radical (unpaired) electrons. The van der Waals surface area contributed by atoms with Gasteiger partial charge in [-0.05, 0) is 55.9 Å². The molecule has 0 aromatic heterocycles. The third kappa shape index (κ3) is 5.94. The fraction of sp³-hybridized carbons (Fsp3) is 0.938. The molecule has 0 heterocycles. The zero-order chi connectivity index (χ0) is 14.4. The summed E-state index contributed by atoms with van der Waals surface area (Å²) >= 11 is 0. The Morgan fingerprint density at radius 3 is 2.47 bits per heavy atom. The van der Waals surface area contributed by atoms with Crippen molar-refractivity contribution in [2.24, 2.45) is 29.4 Å². The number of nitrogens with one attached hydrogen (secondary N) is 1. The Bertz CT molecular complexity index is 278. The quantitative estimate of drug-likeness (QED) is 0.778. The predicted octanol–water partition coefficient (Wildman–Crippen LogP) is 2.94. The molecule has 1 aliphatic carbocycles. The van der Waals surface area contributed by atoms with Gasteiger partial charge in [0.25, 0.3) is 0 Å². The van der Waals surface area contributed by atoms with E-state index in [4.69, 9.17) is 5.73 Å². The molecule has 3 unspecified atom stereocenters. The summed E-state index contributed by atoms with van der Waals surface area (Å²) in [4.78, 5) is 12.1. The van der Waals surface area contributed by atoms with Gasteiger partial charge in [-0.1, -0.05) is 27.7 Å². The molecular weight excluding hydrogens is 236 g/mol. The van der Waals surface area contributed by atoms with Crippen molar-refractivity contribution in [1.29, 1.82) is 0 Å². The van der Waals surface area contributed by atoms with Gasteiger partial charge in [0.05, 0.1) is 0 Å². The highest BCUT2D eigenvalue weighted by Gasteiger charge is 2.26. The molecule has 3 heteroatoms. The SMILES string of the molecule is CC(C)C[C@H](CN)CC(=O)NC1CCC(C)C(C)C1. The largest absolute Gasteiger partial charge is 0.353 e. The Labute approximate surface area is 118 Å². The van der Waals surface area contributed by atoms with Crippen molar-refractivity contribution in [1.82, 2.24) is 5.32 Å².